The molecule has 1 saturated heterocycles. The van der Waals surface area contributed by atoms with Crippen molar-refractivity contribution in [3.05, 3.63) is 144 Å². The van der Waals surface area contributed by atoms with Gasteiger partial charge in [-0.05, 0) is 54.6 Å². The van der Waals surface area contributed by atoms with Gasteiger partial charge < -0.3 is 4.74 Å². The van der Waals surface area contributed by atoms with Gasteiger partial charge in [0.05, 0.1) is 13.8 Å². The summed E-state index contributed by atoms with van der Waals surface area (Å²) >= 11 is 0. The third-order valence-corrected chi connectivity index (χ3v) is 12.9. The molecule has 224 valence electrons. The van der Waals surface area contributed by atoms with E-state index in [2.05, 4.69) is 69.1 Å². The average molecular weight is 601 g/mol. The first kappa shape index (κ1) is 29.6. The summed E-state index contributed by atoms with van der Waals surface area (Å²) < 4.78 is 5.94. The maximum absolute atomic E-state index is 14.5. The van der Waals surface area contributed by atoms with Crippen molar-refractivity contribution in [2.24, 2.45) is 5.92 Å². The van der Waals surface area contributed by atoms with Crippen molar-refractivity contribution < 1.29 is 14.3 Å². The number of rotatable bonds is 8. The van der Waals surface area contributed by atoms with Crippen LogP contribution in [0.5, 0.6) is 0 Å². The van der Waals surface area contributed by atoms with E-state index in [0.29, 0.717) is 18.5 Å². The number of likely N-dealkylation sites (tertiary alicyclic amines) is 1. The molecule has 6 rings (SSSR count). The first-order valence-electron chi connectivity index (χ1n) is 15.4. The molecule has 0 saturated carbocycles. The fraction of sp³-hybridized carbons (Fsp3) is 0.263. The van der Waals surface area contributed by atoms with E-state index in [-0.39, 0.29) is 18.4 Å². The monoisotopic (exact) mass is 600 g/mol. The van der Waals surface area contributed by atoms with Crippen molar-refractivity contribution in [1.29, 1.82) is 0 Å². The molecule has 44 heavy (non-hydrogen) atoms. The third-order valence-electron chi connectivity index (χ3n) is 9.60. The van der Waals surface area contributed by atoms with Crippen molar-refractivity contribution >= 4 is 30.9 Å². The Bertz CT molecular complexity index is 1660. The van der Waals surface area contributed by atoms with Crippen LogP contribution in [0.4, 0.5) is 10.5 Å². The minimum Gasteiger partial charge on any atom is -0.444 e. The molecule has 2 amide bonds. The molecule has 2 heterocycles. The minimum absolute atomic E-state index is 0.0380. The molecule has 2 aliphatic rings. The van der Waals surface area contributed by atoms with Crippen molar-refractivity contribution in [2.45, 2.75) is 50.7 Å². The van der Waals surface area contributed by atoms with E-state index in [1.807, 2.05) is 77.7 Å². The zero-order chi connectivity index (χ0) is 30.9. The molecular weight excluding hydrogens is 561 g/mol. The highest BCUT2D eigenvalue weighted by Gasteiger charge is 2.64. The Morgan fingerprint density at radius 2 is 1.48 bits per heavy atom. The topological polar surface area (TPSA) is 49.9 Å². The van der Waals surface area contributed by atoms with Crippen molar-refractivity contribution in [3.8, 4) is 0 Å². The summed E-state index contributed by atoms with van der Waals surface area (Å²) in [6.45, 7) is 12.2. The fourth-order valence-electron chi connectivity index (χ4n) is 7.48. The predicted octanol–water partition coefficient (Wildman–Crippen LogP) is 7.76. The van der Waals surface area contributed by atoms with Gasteiger partial charge in [-0.15, -0.1) is 0 Å². The normalized spacial score (nSPS) is 19.7. The van der Waals surface area contributed by atoms with Gasteiger partial charge in [0.1, 0.15) is 12.8 Å². The van der Waals surface area contributed by atoms with Crippen LogP contribution in [0.2, 0.25) is 19.1 Å². The lowest BCUT2D eigenvalue weighted by molar-refractivity contribution is 0.0771. The van der Waals surface area contributed by atoms with Crippen LogP contribution in [-0.2, 0) is 16.8 Å². The number of hydrogen-bond acceptors (Lipinski definition) is 3. The van der Waals surface area contributed by atoms with Crippen LogP contribution in [0.1, 0.15) is 34.8 Å². The molecule has 6 heteroatoms. The first-order valence-corrected chi connectivity index (χ1v) is 18.6. The molecule has 5 nitrogen and oxygen atoms in total. The van der Waals surface area contributed by atoms with Gasteiger partial charge in [0, 0.05) is 17.5 Å². The minimum atomic E-state index is -1.98. The van der Waals surface area contributed by atoms with Gasteiger partial charge in [0.2, 0.25) is 0 Å². The van der Waals surface area contributed by atoms with E-state index in [1.165, 1.54) is 5.19 Å². The molecule has 0 aromatic heterocycles. The quantitative estimate of drug-likeness (QED) is 0.153. The Kier molecular flexibility index (Phi) is 8.04. The molecule has 2 aliphatic heterocycles. The van der Waals surface area contributed by atoms with E-state index < -0.39 is 25.7 Å². The first-order chi connectivity index (χ1) is 21.2. The zero-order valence-electron chi connectivity index (χ0n) is 25.8. The van der Waals surface area contributed by atoms with Crippen LogP contribution < -0.4 is 10.1 Å². The number of para-hydroxylation sites is 1. The second-order valence-electron chi connectivity index (χ2n) is 12.8. The molecular formula is C38H40N2O3Si. The van der Waals surface area contributed by atoms with E-state index in [4.69, 9.17) is 4.74 Å². The number of benzene rings is 4. The smallest absolute Gasteiger partial charge is 0.411 e. The number of ether oxygens (including phenoxy) is 1. The van der Waals surface area contributed by atoms with Gasteiger partial charge >= 0.3 is 6.09 Å². The number of nitrogens with zero attached hydrogens (tertiary/aromatic N) is 2. The van der Waals surface area contributed by atoms with Crippen molar-refractivity contribution in [1.82, 2.24) is 4.90 Å². The summed E-state index contributed by atoms with van der Waals surface area (Å²) in [6, 6.07) is 39.0. The zero-order valence-corrected chi connectivity index (χ0v) is 26.8. The number of fused-ring (bicyclic) bond motifs is 3. The summed E-state index contributed by atoms with van der Waals surface area (Å²) in [5, 5.41) is 1.39. The molecule has 0 N–H and O–H groups in total. The average Bonchev–Trinajstić information content (AvgIpc) is 3.57. The SMILES string of the molecule is C=C(C)C(C[Si](C)(C)c1ccccc1)[C@@]12CCN(C(=O)OCc3ccccc3)[C@@H]1N(C(=O)c1ccccc1)c1ccccc12. The summed E-state index contributed by atoms with van der Waals surface area (Å²) in [5.74, 6) is -0.0799. The lowest BCUT2D eigenvalue weighted by atomic mass is 9.67. The van der Waals surface area contributed by atoms with Gasteiger partial charge in [-0.2, -0.15) is 0 Å². The van der Waals surface area contributed by atoms with Crippen LogP contribution in [0.15, 0.2) is 127 Å². The van der Waals surface area contributed by atoms with Crippen LogP contribution in [0, 0.1) is 5.92 Å². The van der Waals surface area contributed by atoms with E-state index in [0.717, 1.165) is 28.4 Å². The lowest BCUT2D eigenvalue weighted by Crippen LogP contribution is -2.57. The predicted molar refractivity (Wildman–Crippen MR) is 180 cm³/mol. The summed E-state index contributed by atoms with van der Waals surface area (Å²) in [7, 11) is -1.98. The molecule has 4 aromatic rings. The maximum atomic E-state index is 14.5. The molecule has 0 aliphatic carbocycles. The number of carbonyl (C=O) groups is 2. The second kappa shape index (κ2) is 11.9. The van der Waals surface area contributed by atoms with E-state index in [9.17, 15) is 9.59 Å². The largest absolute Gasteiger partial charge is 0.444 e. The van der Waals surface area contributed by atoms with E-state index in [1.54, 1.807) is 4.90 Å². The van der Waals surface area contributed by atoms with Gasteiger partial charge in [-0.1, -0.05) is 127 Å². The number of hydrogen-bond donors (Lipinski definition) is 0. The highest BCUT2D eigenvalue weighted by Crippen LogP contribution is 2.59. The second-order valence-corrected chi connectivity index (χ2v) is 17.6. The van der Waals surface area contributed by atoms with Crippen LogP contribution in [-0.4, -0.2) is 37.7 Å². The van der Waals surface area contributed by atoms with Crippen LogP contribution in [0.25, 0.3) is 0 Å². The summed E-state index contributed by atoms with van der Waals surface area (Å²) in [4.78, 5) is 32.2. The van der Waals surface area contributed by atoms with Crippen molar-refractivity contribution in [3.63, 3.8) is 0 Å². The number of anilines is 1. The molecule has 1 fully saturated rings. The molecule has 4 aromatic carbocycles. The van der Waals surface area contributed by atoms with Crippen LogP contribution >= 0.6 is 0 Å². The Morgan fingerprint density at radius 3 is 2.14 bits per heavy atom. The standard InChI is InChI=1S/C38H40N2O3Si/c1-28(2)33(27-44(3,4)31-20-12-7-13-21-31)38-24-25-39(37(42)43-26-29-16-8-5-9-17-29)36(38)40(34-23-15-14-22-32(34)38)35(41)30-18-10-6-11-19-30/h5-23,33,36H,1,24-27H2,2-4H3/t33?,36-,38+/m1/s1. The Hall–Kier alpha value is -4.42. The van der Waals surface area contributed by atoms with Crippen LogP contribution in [0.3, 0.4) is 0 Å². The number of carbonyl (C=O) groups excluding carboxylic acids is 2. The highest BCUT2D eigenvalue weighted by atomic mass is 28.3. The Labute approximate surface area is 261 Å². The number of allylic oxidation sites excluding steroid dienone is 1. The van der Waals surface area contributed by atoms with Gasteiger partial charge in [-0.25, -0.2) is 4.79 Å². The lowest BCUT2D eigenvalue weighted by Gasteiger charge is -2.44. The number of amides is 2. The van der Waals surface area contributed by atoms with E-state index >= 15 is 0 Å². The van der Waals surface area contributed by atoms with Gasteiger partial charge in [0.25, 0.3) is 5.91 Å². The highest BCUT2D eigenvalue weighted by molar-refractivity contribution is 6.89. The fourth-order valence-corrected chi connectivity index (χ4v) is 10.5. The van der Waals surface area contributed by atoms with Gasteiger partial charge in [-0.3, -0.25) is 14.6 Å². The summed E-state index contributed by atoms with van der Waals surface area (Å²) in [6.07, 6.45) is -0.234. The molecule has 0 bridgehead atoms. The maximum Gasteiger partial charge on any atom is 0.411 e. The molecule has 0 spiro atoms. The third kappa shape index (κ3) is 5.17. The molecule has 3 atom stereocenters. The van der Waals surface area contributed by atoms with Gasteiger partial charge in [0.15, 0.2) is 0 Å². The molecule has 1 unspecified atom stereocenters. The summed E-state index contributed by atoms with van der Waals surface area (Å²) in [5.41, 5.74) is 4.03. The Morgan fingerprint density at radius 1 is 0.886 bits per heavy atom. The molecule has 0 radical (unpaired) electrons. The Balaban J connectivity index is 1.47. The van der Waals surface area contributed by atoms with Crippen molar-refractivity contribution in [2.75, 3.05) is 11.4 Å².